The van der Waals surface area contributed by atoms with Gasteiger partial charge in [-0.25, -0.2) is 9.78 Å². The maximum absolute atomic E-state index is 12.3. The molecule has 0 bridgehead atoms. The number of aromatic hydroxyl groups is 1. The third kappa shape index (κ3) is 4.03. The number of rotatable bonds is 4. The molecule has 0 atom stereocenters. The normalized spacial score (nSPS) is 10.8. The molecule has 0 radical (unpaired) electrons. The first-order chi connectivity index (χ1) is 15.3. The van der Waals surface area contributed by atoms with Crippen molar-refractivity contribution in [2.24, 2.45) is 7.05 Å². The highest BCUT2D eigenvalue weighted by Gasteiger charge is 2.20. The van der Waals surface area contributed by atoms with Gasteiger partial charge in [0.2, 0.25) is 0 Å². The fourth-order valence-corrected chi connectivity index (χ4v) is 4.92. The first kappa shape index (κ1) is 21.8. The van der Waals surface area contributed by atoms with Gasteiger partial charge in [0.15, 0.2) is 5.13 Å². The Balaban J connectivity index is 1.66. The van der Waals surface area contributed by atoms with E-state index in [4.69, 9.17) is 0 Å². The smallest absolute Gasteiger partial charge is 0.339 e. The van der Waals surface area contributed by atoms with Crippen LogP contribution < -0.4 is 10.6 Å². The number of hydrogen-bond acceptors (Lipinski definition) is 6. The van der Waals surface area contributed by atoms with E-state index < -0.39 is 17.8 Å². The van der Waals surface area contributed by atoms with Gasteiger partial charge < -0.3 is 20.1 Å². The van der Waals surface area contributed by atoms with Gasteiger partial charge in [0, 0.05) is 44.9 Å². The number of aromatic nitrogens is 2. The molecule has 0 saturated heterocycles. The second-order valence-corrected chi connectivity index (χ2v) is 8.71. The number of carbonyl (C=O) groups excluding carboxylic acids is 2. The summed E-state index contributed by atoms with van der Waals surface area (Å²) in [6, 6.07) is 9.79. The Labute approximate surface area is 198 Å². The van der Waals surface area contributed by atoms with E-state index in [9.17, 15) is 24.6 Å². The lowest BCUT2D eigenvalue weighted by atomic mass is 10.1. The number of aryl methyl sites for hydroxylation is 1. The minimum absolute atomic E-state index is 0.181. The minimum Gasteiger partial charge on any atom is -0.507 e. The summed E-state index contributed by atoms with van der Waals surface area (Å²) in [5, 5.41) is 27.1. The zero-order valence-corrected chi connectivity index (χ0v) is 19.4. The zero-order valence-electron chi connectivity index (χ0n) is 16.4. The summed E-state index contributed by atoms with van der Waals surface area (Å²) < 4.78 is 2.62. The van der Waals surface area contributed by atoms with E-state index in [1.165, 1.54) is 29.7 Å². The first-order valence-electron chi connectivity index (χ1n) is 9.12. The number of fused-ring (bicyclic) bond motifs is 1. The molecule has 0 aliphatic heterocycles. The van der Waals surface area contributed by atoms with Crippen molar-refractivity contribution < 1.29 is 24.6 Å². The lowest BCUT2D eigenvalue weighted by molar-refractivity contribution is -0.132. The standard InChI is InChI=1S/C21H15IN4O5S/c1-26-14-9-15(27)13(20(30)31)8-12(14)16(22)17(26)10-3-2-4-11(7-10)24-18(28)19(29)25-21-23-5-6-32-21/h2-9,27H,1H3,(H,24,28)(H,30,31)(H,23,25,29). The maximum atomic E-state index is 12.3. The molecule has 162 valence electrons. The predicted molar refractivity (Wildman–Crippen MR) is 129 cm³/mol. The number of nitrogens with zero attached hydrogens (tertiary/aromatic N) is 2. The van der Waals surface area contributed by atoms with Crippen LogP contribution in [0.15, 0.2) is 48.0 Å². The van der Waals surface area contributed by atoms with Gasteiger partial charge in [-0.15, -0.1) is 11.3 Å². The van der Waals surface area contributed by atoms with E-state index in [0.29, 0.717) is 21.7 Å². The number of aromatic carboxylic acids is 1. The maximum Gasteiger partial charge on any atom is 0.339 e. The van der Waals surface area contributed by atoms with Crippen molar-refractivity contribution in [3.63, 3.8) is 0 Å². The number of hydrogen-bond donors (Lipinski definition) is 4. The number of phenols is 1. The number of benzene rings is 2. The van der Waals surface area contributed by atoms with Crippen LogP contribution in [0.2, 0.25) is 0 Å². The van der Waals surface area contributed by atoms with Gasteiger partial charge in [-0.1, -0.05) is 12.1 Å². The molecule has 32 heavy (non-hydrogen) atoms. The topological polar surface area (TPSA) is 134 Å². The van der Waals surface area contributed by atoms with Gasteiger partial charge in [0.25, 0.3) is 0 Å². The van der Waals surface area contributed by atoms with Gasteiger partial charge in [-0.05, 0) is 40.8 Å². The Morgan fingerprint density at radius 3 is 2.56 bits per heavy atom. The minimum atomic E-state index is -1.22. The largest absolute Gasteiger partial charge is 0.507 e. The molecule has 0 fully saturated rings. The fraction of sp³-hybridized carbons (Fsp3) is 0.0476. The summed E-state index contributed by atoms with van der Waals surface area (Å²) in [7, 11) is 1.80. The van der Waals surface area contributed by atoms with E-state index in [1.54, 1.807) is 30.6 Å². The van der Waals surface area contributed by atoms with Crippen LogP contribution in [0.3, 0.4) is 0 Å². The molecule has 2 aromatic heterocycles. The van der Waals surface area contributed by atoms with Crippen molar-refractivity contribution >= 4 is 73.4 Å². The zero-order chi connectivity index (χ0) is 23.0. The van der Waals surface area contributed by atoms with Crippen molar-refractivity contribution in [1.29, 1.82) is 0 Å². The number of thiazole rings is 1. The Hall–Kier alpha value is -3.45. The quantitative estimate of drug-likeness (QED) is 0.220. The molecule has 9 nitrogen and oxygen atoms in total. The molecule has 2 amide bonds. The SMILES string of the molecule is Cn1c(-c2cccc(NC(=O)C(=O)Nc3nccs3)c2)c(I)c2cc(C(=O)O)c(O)cc21. The Kier molecular flexibility index (Phi) is 5.84. The molecule has 11 heteroatoms. The molecular formula is C21H15IN4O5S. The van der Waals surface area contributed by atoms with Crippen LogP contribution >= 0.6 is 33.9 Å². The van der Waals surface area contributed by atoms with Gasteiger partial charge in [-0.3, -0.25) is 14.9 Å². The summed E-state index contributed by atoms with van der Waals surface area (Å²) in [6.45, 7) is 0. The van der Waals surface area contributed by atoms with Gasteiger partial charge >= 0.3 is 17.8 Å². The van der Waals surface area contributed by atoms with E-state index in [-0.39, 0.29) is 11.3 Å². The summed E-state index contributed by atoms with van der Waals surface area (Å²) in [6.07, 6.45) is 1.52. The molecule has 2 aromatic carbocycles. The van der Waals surface area contributed by atoms with Crippen molar-refractivity contribution in [2.75, 3.05) is 10.6 Å². The van der Waals surface area contributed by atoms with Crippen molar-refractivity contribution in [2.45, 2.75) is 0 Å². The molecule has 0 aliphatic carbocycles. The average molecular weight is 562 g/mol. The lowest BCUT2D eigenvalue weighted by Gasteiger charge is -2.09. The number of halogens is 1. The highest BCUT2D eigenvalue weighted by atomic mass is 127. The first-order valence-corrected chi connectivity index (χ1v) is 11.1. The molecular weight excluding hydrogens is 547 g/mol. The van der Waals surface area contributed by atoms with Gasteiger partial charge in [0.1, 0.15) is 11.3 Å². The van der Waals surface area contributed by atoms with Crippen molar-refractivity contribution in [3.8, 4) is 17.0 Å². The Morgan fingerprint density at radius 2 is 1.88 bits per heavy atom. The predicted octanol–water partition coefficient (Wildman–Crippen LogP) is 3.89. The van der Waals surface area contributed by atoms with Crippen LogP contribution in [0.1, 0.15) is 10.4 Å². The number of amides is 2. The van der Waals surface area contributed by atoms with Gasteiger partial charge in [0.05, 0.1) is 11.2 Å². The second-order valence-electron chi connectivity index (χ2n) is 6.74. The number of anilines is 2. The third-order valence-electron chi connectivity index (χ3n) is 4.74. The van der Waals surface area contributed by atoms with E-state index in [2.05, 4.69) is 38.2 Å². The van der Waals surface area contributed by atoms with Gasteiger partial charge in [-0.2, -0.15) is 0 Å². The van der Waals surface area contributed by atoms with Crippen LogP contribution in [-0.2, 0) is 16.6 Å². The summed E-state index contributed by atoms with van der Waals surface area (Å²) in [5.41, 5.74) is 2.40. The van der Waals surface area contributed by atoms with Crippen molar-refractivity contribution in [1.82, 2.24) is 9.55 Å². The monoisotopic (exact) mass is 562 g/mol. The molecule has 4 aromatic rings. The highest BCUT2D eigenvalue weighted by Crippen LogP contribution is 2.37. The van der Waals surface area contributed by atoms with Crippen LogP contribution in [0, 0.1) is 3.57 Å². The molecule has 0 aliphatic rings. The van der Waals surface area contributed by atoms with Crippen LogP contribution in [0.4, 0.5) is 10.8 Å². The number of nitrogens with one attached hydrogen (secondary N) is 2. The van der Waals surface area contributed by atoms with Crippen LogP contribution in [0.5, 0.6) is 5.75 Å². The molecule has 4 rings (SSSR count). The molecule has 4 N–H and O–H groups in total. The molecule has 2 heterocycles. The molecule has 0 saturated carbocycles. The second kappa shape index (κ2) is 8.59. The van der Waals surface area contributed by atoms with E-state index in [1.807, 2.05) is 10.6 Å². The lowest BCUT2D eigenvalue weighted by Crippen LogP contribution is -2.29. The molecule has 0 spiro atoms. The van der Waals surface area contributed by atoms with Crippen LogP contribution in [-0.4, -0.2) is 37.5 Å². The third-order valence-corrected chi connectivity index (χ3v) is 6.52. The number of carboxylic acid groups (broad SMARTS) is 1. The number of carboxylic acids is 1. The summed E-state index contributed by atoms with van der Waals surface area (Å²) in [5.74, 6) is -3.20. The van der Waals surface area contributed by atoms with E-state index in [0.717, 1.165) is 14.8 Å². The summed E-state index contributed by atoms with van der Waals surface area (Å²) >= 11 is 3.32. The average Bonchev–Trinajstić information content (AvgIpc) is 3.34. The Bertz CT molecular complexity index is 1380. The highest BCUT2D eigenvalue weighted by molar-refractivity contribution is 14.1. The van der Waals surface area contributed by atoms with E-state index >= 15 is 0 Å². The summed E-state index contributed by atoms with van der Waals surface area (Å²) in [4.78, 5) is 39.7. The van der Waals surface area contributed by atoms with Crippen LogP contribution in [0.25, 0.3) is 22.2 Å². The number of carbonyl (C=O) groups is 3. The Morgan fingerprint density at radius 1 is 1.12 bits per heavy atom. The molecule has 0 unspecified atom stereocenters. The van der Waals surface area contributed by atoms with Crippen molar-refractivity contribution in [3.05, 3.63) is 57.1 Å². The fourth-order valence-electron chi connectivity index (χ4n) is 3.29.